The topological polar surface area (TPSA) is 29.3 Å². The maximum absolute atomic E-state index is 6.34. The maximum atomic E-state index is 6.34. The summed E-state index contributed by atoms with van der Waals surface area (Å²) < 4.78 is 0. The number of rotatable bonds is 6. The van der Waals surface area contributed by atoms with E-state index in [1.165, 1.54) is 31.4 Å². The summed E-state index contributed by atoms with van der Waals surface area (Å²) in [6.45, 7) is 4.59. The summed E-state index contributed by atoms with van der Waals surface area (Å²) in [4.78, 5) is 2.46. The number of nitrogens with zero attached hydrogens (tertiary/aromatic N) is 1. The van der Waals surface area contributed by atoms with Gasteiger partial charge >= 0.3 is 0 Å². The molecular formula is C16H26N2. The van der Waals surface area contributed by atoms with Crippen LogP contribution in [0.4, 0.5) is 0 Å². The lowest BCUT2D eigenvalue weighted by atomic mass is 9.85. The van der Waals surface area contributed by atoms with Gasteiger partial charge in [0.05, 0.1) is 0 Å². The Labute approximate surface area is 111 Å². The third-order valence-corrected chi connectivity index (χ3v) is 4.19. The molecule has 1 aromatic carbocycles. The van der Waals surface area contributed by atoms with Gasteiger partial charge in [-0.15, -0.1) is 0 Å². The zero-order valence-electron chi connectivity index (χ0n) is 11.7. The van der Waals surface area contributed by atoms with Crippen LogP contribution in [0.2, 0.25) is 0 Å². The summed E-state index contributed by atoms with van der Waals surface area (Å²) >= 11 is 0. The molecule has 100 valence electrons. The van der Waals surface area contributed by atoms with Gasteiger partial charge in [-0.3, -0.25) is 0 Å². The number of nitrogens with two attached hydrogens (primary N) is 1. The van der Waals surface area contributed by atoms with Crippen LogP contribution < -0.4 is 5.73 Å². The monoisotopic (exact) mass is 246 g/mol. The van der Waals surface area contributed by atoms with Crippen molar-refractivity contribution in [2.75, 3.05) is 20.1 Å². The molecule has 0 radical (unpaired) electrons. The SMILES string of the molecule is CC(CN(C)CC1CCC1)C(N)c1ccccc1. The van der Waals surface area contributed by atoms with Crippen LogP contribution in [0, 0.1) is 11.8 Å². The Balaban J connectivity index is 1.81. The fourth-order valence-corrected chi connectivity index (χ4v) is 2.80. The van der Waals surface area contributed by atoms with Gasteiger partial charge in [0.25, 0.3) is 0 Å². The van der Waals surface area contributed by atoms with Crippen molar-refractivity contribution in [1.82, 2.24) is 4.90 Å². The van der Waals surface area contributed by atoms with Crippen molar-refractivity contribution in [2.24, 2.45) is 17.6 Å². The Kier molecular flexibility index (Phi) is 4.79. The molecule has 1 fully saturated rings. The van der Waals surface area contributed by atoms with Crippen molar-refractivity contribution >= 4 is 0 Å². The van der Waals surface area contributed by atoms with Crippen molar-refractivity contribution in [3.05, 3.63) is 35.9 Å². The van der Waals surface area contributed by atoms with Crippen LogP contribution in [0.1, 0.15) is 37.8 Å². The van der Waals surface area contributed by atoms with Crippen molar-refractivity contribution in [1.29, 1.82) is 0 Å². The second-order valence-electron chi connectivity index (χ2n) is 5.93. The summed E-state index contributed by atoms with van der Waals surface area (Å²) in [6.07, 6.45) is 4.27. The van der Waals surface area contributed by atoms with Crippen molar-refractivity contribution in [3.63, 3.8) is 0 Å². The first kappa shape index (κ1) is 13.6. The van der Waals surface area contributed by atoms with Crippen LogP contribution in [-0.2, 0) is 0 Å². The van der Waals surface area contributed by atoms with E-state index in [1.807, 2.05) is 6.07 Å². The minimum atomic E-state index is 0.148. The standard InChI is InChI=1S/C16H26N2/c1-13(11-18(2)12-14-7-6-8-14)16(17)15-9-4-3-5-10-15/h3-5,9-10,13-14,16H,6-8,11-12,17H2,1-2H3. The van der Waals surface area contributed by atoms with Crippen LogP contribution in [0.15, 0.2) is 30.3 Å². The number of benzene rings is 1. The van der Waals surface area contributed by atoms with Crippen LogP contribution in [-0.4, -0.2) is 25.0 Å². The summed E-state index contributed by atoms with van der Waals surface area (Å²) in [7, 11) is 2.23. The Morgan fingerprint density at radius 3 is 2.50 bits per heavy atom. The lowest BCUT2D eigenvalue weighted by Crippen LogP contribution is -2.35. The predicted octanol–water partition coefficient (Wildman–Crippen LogP) is 3.05. The fraction of sp³-hybridized carbons (Fsp3) is 0.625. The smallest absolute Gasteiger partial charge is 0.0333 e. The van der Waals surface area contributed by atoms with Crippen molar-refractivity contribution in [3.8, 4) is 0 Å². The molecule has 2 atom stereocenters. The first-order valence-corrected chi connectivity index (χ1v) is 7.16. The minimum absolute atomic E-state index is 0.148. The molecule has 0 saturated heterocycles. The Hall–Kier alpha value is -0.860. The van der Waals surface area contributed by atoms with E-state index < -0.39 is 0 Å². The molecule has 2 unspecified atom stereocenters. The van der Waals surface area contributed by atoms with E-state index >= 15 is 0 Å². The van der Waals surface area contributed by atoms with Crippen LogP contribution in [0.3, 0.4) is 0 Å². The van der Waals surface area contributed by atoms with E-state index in [0.717, 1.165) is 12.5 Å². The van der Waals surface area contributed by atoms with E-state index in [-0.39, 0.29) is 6.04 Å². The summed E-state index contributed by atoms with van der Waals surface area (Å²) in [5.41, 5.74) is 7.59. The average Bonchev–Trinajstić information content (AvgIpc) is 2.34. The second kappa shape index (κ2) is 6.35. The third kappa shape index (κ3) is 3.56. The van der Waals surface area contributed by atoms with E-state index in [9.17, 15) is 0 Å². The normalized spacial score (nSPS) is 19.6. The van der Waals surface area contributed by atoms with Crippen LogP contribution in [0.5, 0.6) is 0 Å². The molecule has 2 nitrogen and oxygen atoms in total. The summed E-state index contributed by atoms with van der Waals surface area (Å²) in [5, 5.41) is 0. The van der Waals surface area contributed by atoms with Gasteiger partial charge in [0, 0.05) is 19.1 Å². The minimum Gasteiger partial charge on any atom is -0.324 e. The molecule has 0 heterocycles. The molecule has 1 saturated carbocycles. The Morgan fingerprint density at radius 2 is 1.94 bits per heavy atom. The maximum Gasteiger partial charge on any atom is 0.0333 e. The molecule has 2 N–H and O–H groups in total. The summed E-state index contributed by atoms with van der Waals surface area (Å²) in [6, 6.07) is 10.6. The third-order valence-electron chi connectivity index (χ3n) is 4.19. The zero-order valence-corrected chi connectivity index (χ0v) is 11.7. The lowest BCUT2D eigenvalue weighted by Gasteiger charge is -2.32. The predicted molar refractivity (Wildman–Crippen MR) is 77.4 cm³/mol. The van der Waals surface area contributed by atoms with Gasteiger partial charge in [0.2, 0.25) is 0 Å². The quantitative estimate of drug-likeness (QED) is 0.836. The van der Waals surface area contributed by atoms with E-state index in [1.54, 1.807) is 0 Å². The van der Waals surface area contributed by atoms with E-state index in [2.05, 4.69) is 43.1 Å². The summed E-state index contributed by atoms with van der Waals surface area (Å²) in [5.74, 6) is 1.44. The van der Waals surface area contributed by atoms with Gasteiger partial charge < -0.3 is 10.6 Å². The molecule has 0 amide bonds. The van der Waals surface area contributed by atoms with E-state index in [4.69, 9.17) is 5.73 Å². The van der Waals surface area contributed by atoms with Crippen molar-refractivity contribution in [2.45, 2.75) is 32.2 Å². The molecule has 0 bridgehead atoms. The van der Waals surface area contributed by atoms with Gasteiger partial charge in [-0.05, 0) is 37.3 Å². The molecule has 1 aromatic rings. The van der Waals surface area contributed by atoms with Gasteiger partial charge in [-0.2, -0.15) is 0 Å². The lowest BCUT2D eigenvalue weighted by molar-refractivity contribution is 0.181. The first-order chi connectivity index (χ1) is 8.66. The number of hydrogen-bond donors (Lipinski definition) is 1. The Bertz CT molecular complexity index is 345. The van der Waals surface area contributed by atoms with Crippen LogP contribution in [0.25, 0.3) is 0 Å². The van der Waals surface area contributed by atoms with Crippen molar-refractivity contribution < 1.29 is 0 Å². The van der Waals surface area contributed by atoms with Gasteiger partial charge in [0.1, 0.15) is 0 Å². The van der Waals surface area contributed by atoms with Gasteiger partial charge in [0.15, 0.2) is 0 Å². The molecule has 18 heavy (non-hydrogen) atoms. The zero-order chi connectivity index (χ0) is 13.0. The highest BCUT2D eigenvalue weighted by Gasteiger charge is 2.21. The molecular weight excluding hydrogens is 220 g/mol. The van der Waals surface area contributed by atoms with Gasteiger partial charge in [-0.25, -0.2) is 0 Å². The largest absolute Gasteiger partial charge is 0.324 e. The average molecular weight is 246 g/mol. The highest BCUT2D eigenvalue weighted by atomic mass is 15.1. The van der Waals surface area contributed by atoms with Crippen LogP contribution >= 0.6 is 0 Å². The second-order valence-corrected chi connectivity index (χ2v) is 5.93. The Morgan fingerprint density at radius 1 is 1.28 bits per heavy atom. The highest BCUT2D eigenvalue weighted by Crippen LogP contribution is 2.27. The molecule has 0 spiro atoms. The molecule has 1 aliphatic rings. The molecule has 1 aliphatic carbocycles. The highest BCUT2D eigenvalue weighted by molar-refractivity contribution is 5.19. The van der Waals surface area contributed by atoms with Gasteiger partial charge in [-0.1, -0.05) is 43.7 Å². The first-order valence-electron chi connectivity index (χ1n) is 7.16. The van der Waals surface area contributed by atoms with E-state index in [0.29, 0.717) is 5.92 Å². The molecule has 2 rings (SSSR count). The fourth-order valence-electron chi connectivity index (χ4n) is 2.80. The molecule has 0 aromatic heterocycles. The molecule has 2 heteroatoms. The number of hydrogen-bond acceptors (Lipinski definition) is 2. The molecule has 0 aliphatic heterocycles.